The number of anilines is 2. The average Bonchev–Trinajstić information content (AvgIpc) is 3.01. The average molecular weight is 387 g/mol. The Bertz CT molecular complexity index is 866. The number of methoxy groups -OCH3 is 1. The highest BCUT2D eigenvalue weighted by Gasteiger charge is 2.19. The molecule has 0 unspecified atom stereocenters. The zero-order valence-corrected chi connectivity index (χ0v) is 15.6. The molecule has 136 valence electrons. The molecule has 0 aliphatic heterocycles. The summed E-state index contributed by atoms with van der Waals surface area (Å²) in [4.78, 5) is 28.7. The number of thiazole rings is 1. The molecule has 1 amide bonds. The number of aromatic nitrogens is 4. The maximum absolute atomic E-state index is 12.3. The van der Waals surface area contributed by atoms with E-state index in [4.69, 9.17) is 4.74 Å². The van der Waals surface area contributed by atoms with Gasteiger partial charge in [-0.15, -0.1) is 0 Å². The molecule has 11 nitrogen and oxygen atoms in total. The minimum atomic E-state index is -3.83. The van der Waals surface area contributed by atoms with E-state index < -0.39 is 10.0 Å². The second-order valence-electron chi connectivity index (χ2n) is 4.92. The summed E-state index contributed by atoms with van der Waals surface area (Å²) < 4.78 is 32.0. The molecule has 0 fully saturated rings. The fourth-order valence-electron chi connectivity index (χ4n) is 1.58. The lowest BCUT2D eigenvalue weighted by molar-refractivity contribution is -0.114. The van der Waals surface area contributed by atoms with Gasteiger partial charge >= 0.3 is 6.01 Å². The van der Waals surface area contributed by atoms with Crippen molar-refractivity contribution in [2.24, 2.45) is 0 Å². The van der Waals surface area contributed by atoms with Crippen LogP contribution in [-0.2, 0) is 21.4 Å². The third-order valence-electron chi connectivity index (χ3n) is 2.68. The minimum Gasteiger partial charge on any atom is -0.467 e. The third kappa shape index (κ3) is 5.04. The number of hydrogen-bond donors (Lipinski definition) is 2. The van der Waals surface area contributed by atoms with Crippen LogP contribution in [0.15, 0.2) is 10.4 Å². The summed E-state index contributed by atoms with van der Waals surface area (Å²) in [5, 5.41) is 2.63. The first-order valence-corrected chi connectivity index (χ1v) is 9.20. The van der Waals surface area contributed by atoms with E-state index in [2.05, 4.69) is 30.0 Å². The molecule has 25 heavy (non-hydrogen) atoms. The fraction of sp³-hybridized carbons (Fsp3) is 0.417. The molecule has 2 heterocycles. The molecule has 0 spiro atoms. The van der Waals surface area contributed by atoms with Crippen molar-refractivity contribution < 1.29 is 17.9 Å². The van der Waals surface area contributed by atoms with Crippen LogP contribution in [0.25, 0.3) is 0 Å². The van der Waals surface area contributed by atoms with Crippen molar-refractivity contribution in [1.82, 2.24) is 24.7 Å². The Hall–Kier alpha value is -2.38. The van der Waals surface area contributed by atoms with Crippen molar-refractivity contribution in [3.63, 3.8) is 0 Å². The minimum absolute atomic E-state index is 0.0369. The van der Waals surface area contributed by atoms with Crippen molar-refractivity contribution >= 4 is 38.3 Å². The first kappa shape index (κ1) is 19.0. The Morgan fingerprint density at radius 1 is 1.32 bits per heavy atom. The molecule has 0 aliphatic carbocycles. The van der Waals surface area contributed by atoms with Gasteiger partial charge in [0.25, 0.3) is 10.0 Å². The number of carbonyl (C=O) groups is 1. The number of carbonyl (C=O) groups excluding carboxylic acids is 1. The molecule has 0 radical (unpaired) electrons. The van der Waals surface area contributed by atoms with E-state index >= 15 is 0 Å². The summed E-state index contributed by atoms with van der Waals surface area (Å²) in [5.74, 6) is 0.206. The number of ether oxygens (including phenoxy) is 1. The van der Waals surface area contributed by atoms with Crippen molar-refractivity contribution in [1.29, 1.82) is 0 Å². The van der Waals surface area contributed by atoms with Gasteiger partial charge in [-0.1, -0.05) is 11.3 Å². The van der Waals surface area contributed by atoms with E-state index in [0.717, 1.165) is 17.5 Å². The highest BCUT2D eigenvalue weighted by Crippen LogP contribution is 2.22. The number of nitrogens with one attached hydrogen (secondary N) is 2. The largest absolute Gasteiger partial charge is 0.467 e. The van der Waals surface area contributed by atoms with E-state index in [9.17, 15) is 13.2 Å². The lowest BCUT2D eigenvalue weighted by atomic mass is 10.6. The Morgan fingerprint density at radius 3 is 2.64 bits per heavy atom. The molecular formula is C12H17N7O4S2. The summed E-state index contributed by atoms with van der Waals surface area (Å²) in [6, 6.07) is 0.0821. The smallest absolute Gasteiger partial charge is 0.321 e. The van der Waals surface area contributed by atoms with Gasteiger partial charge < -0.3 is 15.0 Å². The predicted octanol–water partition coefficient (Wildman–Crippen LogP) is -0.160. The van der Waals surface area contributed by atoms with E-state index in [1.165, 1.54) is 14.0 Å². The van der Waals surface area contributed by atoms with Crippen molar-refractivity contribution in [3.8, 4) is 6.01 Å². The summed E-state index contributed by atoms with van der Waals surface area (Å²) in [6.07, 6.45) is 1.16. The van der Waals surface area contributed by atoms with Gasteiger partial charge in [-0.2, -0.15) is 15.0 Å². The molecule has 0 saturated carbocycles. The van der Waals surface area contributed by atoms with Gasteiger partial charge in [-0.3, -0.25) is 4.79 Å². The fourth-order valence-corrected chi connectivity index (χ4v) is 3.68. The van der Waals surface area contributed by atoms with Crippen molar-refractivity contribution in [2.75, 3.05) is 31.4 Å². The van der Waals surface area contributed by atoms with Crippen LogP contribution in [0, 0.1) is 0 Å². The van der Waals surface area contributed by atoms with Crippen LogP contribution in [-0.4, -0.2) is 55.5 Å². The molecule has 2 N–H and O–H groups in total. The van der Waals surface area contributed by atoms with Crippen LogP contribution < -0.4 is 19.7 Å². The van der Waals surface area contributed by atoms with Crippen molar-refractivity contribution in [3.05, 3.63) is 12.0 Å². The normalized spacial score (nSPS) is 11.2. The second-order valence-corrected chi connectivity index (χ2v) is 7.95. The highest BCUT2D eigenvalue weighted by atomic mass is 32.2. The quantitative estimate of drug-likeness (QED) is 0.663. The Kier molecular flexibility index (Phi) is 5.81. The van der Waals surface area contributed by atoms with Gasteiger partial charge in [-0.25, -0.2) is 18.1 Å². The standard InChI is InChI=1S/C12H17N7O4S2/c1-7(20)15-12-13-6-9(24-12)25(21,22)14-5-8-16-10(19(2)3)18-11(17-8)23-4/h6,14H,5H2,1-4H3,(H,13,15,20). The molecule has 13 heteroatoms. The summed E-state index contributed by atoms with van der Waals surface area (Å²) >= 11 is 0.839. The van der Waals surface area contributed by atoms with Crippen LogP contribution in [0.2, 0.25) is 0 Å². The van der Waals surface area contributed by atoms with Gasteiger partial charge in [0, 0.05) is 21.0 Å². The monoisotopic (exact) mass is 387 g/mol. The van der Waals surface area contributed by atoms with Crippen LogP contribution in [0.1, 0.15) is 12.7 Å². The first-order valence-electron chi connectivity index (χ1n) is 6.90. The number of nitrogens with zero attached hydrogens (tertiary/aromatic N) is 5. The number of amides is 1. The molecule has 0 bridgehead atoms. The number of hydrogen-bond acceptors (Lipinski definition) is 10. The lowest BCUT2D eigenvalue weighted by Crippen LogP contribution is -2.24. The van der Waals surface area contributed by atoms with Crippen LogP contribution in [0.4, 0.5) is 11.1 Å². The van der Waals surface area contributed by atoms with E-state index in [1.54, 1.807) is 19.0 Å². The maximum Gasteiger partial charge on any atom is 0.321 e. The lowest BCUT2D eigenvalue weighted by Gasteiger charge is -2.12. The molecule has 2 aromatic heterocycles. The zero-order valence-electron chi connectivity index (χ0n) is 14.0. The highest BCUT2D eigenvalue weighted by molar-refractivity contribution is 7.91. The second kappa shape index (κ2) is 7.67. The van der Waals surface area contributed by atoms with Gasteiger partial charge in [0.05, 0.1) is 19.9 Å². The molecule has 0 saturated heterocycles. The van der Waals surface area contributed by atoms with Gasteiger partial charge in [0.1, 0.15) is 0 Å². The third-order valence-corrected chi connectivity index (χ3v) is 5.46. The molecule has 0 atom stereocenters. The van der Waals surface area contributed by atoms with Crippen LogP contribution >= 0.6 is 11.3 Å². The Balaban J connectivity index is 2.15. The van der Waals surface area contributed by atoms with Gasteiger partial charge in [0.15, 0.2) is 15.2 Å². The first-order chi connectivity index (χ1) is 11.7. The Morgan fingerprint density at radius 2 is 2.04 bits per heavy atom. The summed E-state index contributed by atoms with van der Waals surface area (Å²) in [6.45, 7) is 1.15. The van der Waals surface area contributed by atoms with Crippen LogP contribution in [0.5, 0.6) is 6.01 Å². The van der Waals surface area contributed by atoms with Gasteiger partial charge in [0.2, 0.25) is 11.9 Å². The number of sulfonamides is 1. The predicted molar refractivity (Wildman–Crippen MR) is 91.1 cm³/mol. The molecule has 0 aromatic carbocycles. The zero-order chi connectivity index (χ0) is 18.6. The molecular weight excluding hydrogens is 370 g/mol. The molecule has 2 aromatic rings. The topological polar surface area (TPSA) is 139 Å². The van der Waals surface area contributed by atoms with E-state index in [0.29, 0.717) is 5.95 Å². The number of rotatable bonds is 7. The molecule has 0 aliphatic rings. The van der Waals surface area contributed by atoms with E-state index in [1.807, 2.05) is 0 Å². The van der Waals surface area contributed by atoms with Crippen LogP contribution in [0.3, 0.4) is 0 Å². The molecule has 2 rings (SSSR count). The van der Waals surface area contributed by atoms with E-state index in [-0.39, 0.29) is 33.6 Å². The Labute approximate surface area is 148 Å². The summed E-state index contributed by atoms with van der Waals surface area (Å²) in [5.41, 5.74) is 0. The van der Waals surface area contributed by atoms with Gasteiger partial charge in [-0.05, 0) is 0 Å². The van der Waals surface area contributed by atoms with Crippen molar-refractivity contribution in [2.45, 2.75) is 17.7 Å². The summed E-state index contributed by atoms with van der Waals surface area (Å²) in [7, 11) is 1.06. The SMILES string of the molecule is COc1nc(CNS(=O)(=O)c2cnc(NC(C)=O)s2)nc(N(C)C)n1. The maximum atomic E-state index is 12.3.